The molecule has 22 heavy (non-hydrogen) atoms. The summed E-state index contributed by atoms with van der Waals surface area (Å²) in [5.41, 5.74) is 4.90. The molecule has 3 aliphatic carbocycles. The first kappa shape index (κ1) is 22.4. The predicted molar refractivity (Wildman–Crippen MR) is 94.8 cm³/mol. The van der Waals surface area contributed by atoms with Gasteiger partial charge in [-0.15, -0.1) is 8.07 Å². The molecular weight excluding hydrogens is 316 g/mol. The number of allylic oxidation sites excluding steroid dienone is 3. The van der Waals surface area contributed by atoms with Gasteiger partial charge in [0.1, 0.15) is 0 Å². The minimum atomic E-state index is -1.11. The van der Waals surface area contributed by atoms with Crippen molar-refractivity contribution in [3.63, 3.8) is 0 Å². The zero-order chi connectivity index (χ0) is 15.4. The van der Waals surface area contributed by atoms with Crippen molar-refractivity contribution >= 4 is 8.07 Å². The molecule has 3 aliphatic rings. The molecule has 2 heteroatoms. The SMILES string of the molecule is C[Si](C)(C)[C-]=C1[C-]=CCCC1.[CH]1[CH][CH][CH][CH]1.[CH]1[CH][CH][CH][CH]1.[Ti+2]. The second-order valence-corrected chi connectivity index (χ2v) is 10.8. The van der Waals surface area contributed by atoms with Gasteiger partial charge in [0.05, 0.1) is 0 Å². The summed E-state index contributed by atoms with van der Waals surface area (Å²) < 4.78 is 0. The summed E-state index contributed by atoms with van der Waals surface area (Å²) in [5, 5.41) is 0. The molecule has 0 spiro atoms. The van der Waals surface area contributed by atoms with Crippen molar-refractivity contribution in [3.8, 4) is 0 Å². The van der Waals surface area contributed by atoms with Gasteiger partial charge in [-0.3, -0.25) is 6.08 Å². The number of hydrogen-bond acceptors (Lipinski definition) is 0. The van der Waals surface area contributed by atoms with E-state index in [1.165, 1.54) is 24.8 Å². The van der Waals surface area contributed by atoms with Gasteiger partial charge in [-0.1, -0.05) is 38.9 Å². The molecule has 10 radical (unpaired) electrons. The molecular formula is C20H26SiTi. The minimum Gasteiger partial charge on any atom is -0.530 e. The summed E-state index contributed by atoms with van der Waals surface area (Å²) in [4.78, 5) is 0. The van der Waals surface area contributed by atoms with E-state index in [0.717, 1.165) is 0 Å². The summed E-state index contributed by atoms with van der Waals surface area (Å²) >= 11 is 0. The van der Waals surface area contributed by atoms with Gasteiger partial charge in [-0.2, -0.15) is 0 Å². The van der Waals surface area contributed by atoms with Gasteiger partial charge in [0.2, 0.25) is 0 Å². The minimum absolute atomic E-state index is 0. The van der Waals surface area contributed by atoms with Crippen LogP contribution in [0, 0.1) is 76.0 Å². The second kappa shape index (κ2) is 13.8. The molecule has 0 N–H and O–H groups in total. The summed E-state index contributed by atoms with van der Waals surface area (Å²) in [6.07, 6.45) is 29.1. The van der Waals surface area contributed by atoms with Crippen LogP contribution in [0.1, 0.15) is 19.3 Å². The number of hydrogen-bond donors (Lipinski definition) is 0. The van der Waals surface area contributed by atoms with E-state index in [-0.39, 0.29) is 21.7 Å². The van der Waals surface area contributed by atoms with Gasteiger partial charge >= 0.3 is 21.7 Å². The fourth-order valence-corrected chi connectivity index (χ4v) is 2.94. The average molecular weight is 342 g/mol. The van der Waals surface area contributed by atoms with Gasteiger partial charge in [0.25, 0.3) is 0 Å². The monoisotopic (exact) mass is 342 g/mol. The largest absolute Gasteiger partial charge is 2.00 e. The molecule has 3 rings (SSSR count). The first-order valence-corrected chi connectivity index (χ1v) is 11.1. The molecule has 0 saturated heterocycles. The van der Waals surface area contributed by atoms with E-state index in [2.05, 4.69) is 37.5 Å². The first-order chi connectivity index (χ1) is 10.1. The molecule has 0 nitrogen and oxygen atoms in total. The Labute approximate surface area is 156 Å². The van der Waals surface area contributed by atoms with Crippen LogP contribution in [0.4, 0.5) is 0 Å². The van der Waals surface area contributed by atoms with Crippen molar-refractivity contribution in [2.75, 3.05) is 0 Å². The number of rotatable bonds is 1. The van der Waals surface area contributed by atoms with Crippen LogP contribution in [-0.4, -0.2) is 8.07 Å². The smallest absolute Gasteiger partial charge is 0.530 e. The van der Waals surface area contributed by atoms with Gasteiger partial charge in [-0.25, -0.2) is 0 Å². The van der Waals surface area contributed by atoms with Crippen LogP contribution < -0.4 is 0 Å². The third kappa shape index (κ3) is 14.0. The molecule has 0 heterocycles. The molecule has 0 unspecified atom stereocenters. The maximum absolute atomic E-state index is 3.57. The Morgan fingerprint density at radius 2 is 1.23 bits per heavy atom. The van der Waals surface area contributed by atoms with Crippen molar-refractivity contribution in [1.29, 1.82) is 0 Å². The van der Waals surface area contributed by atoms with E-state index in [0.29, 0.717) is 0 Å². The maximum atomic E-state index is 3.57. The Bertz CT molecular complexity index is 279. The average Bonchev–Trinajstić information content (AvgIpc) is 3.17. The van der Waals surface area contributed by atoms with E-state index >= 15 is 0 Å². The van der Waals surface area contributed by atoms with Crippen molar-refractivity contribution in [1.82, 2.24) is 0 Å². The quantitative estimate of drug-likeness (QED) is 0.455. The van der Waals surface area contributed by atoms with E-state index in [4.69, 9.17) is 0 Å². The van der Waals surface area contributed by atoms with Crippen LogP contribution in [0.3, 0.4) is 0 Å². The Kier molecular flexibility index (Phi) is 14.1. The Balaban J connectivity index is 0.000000334. The molecule has 2 saturated carbocycles. The van der Waals surface area contributed by atoms with Crippen molar-refractivity contribution in [2.45, 2.75) is 38.9 Å². The van der Waals surface area contributed by atoms with Crippen molar-refractivity contribution in [2.24, 2.45) is 0 Å². The van der Waals surface area contributed by atoms with Gasteiger partial charge in [0.15, 0.2) is 0 Å². The third-order valence-electron chi connectivity index (χ3n) is 2.69. The van der Waals surface area contributed by atoms with Crippen LogP contribution >= 0.6 is 0 Å². The van der Waals surface area contributed by atoms with Crippen LogP contribution in [0.2, 0.25) is 19.6 Å². The summed E-state index contributed by atoms with van der Waals surface area (Å²) in [5.74, 6) is 0. The zero-order valence-electron chi connectivity index (χ0n) is 14.0. The summed E-state index contributed by atoms with van der Waals surface area (Å²) in [6, 6.07) is 0. The molecule has 0 amide bonds. The molecule has 0 atom stereocenters. The molecule has 114 valence electrons. The fraction of sp³-hybridized carbons (Fsp3) is 0.300. The summed E-state index contributed by atoms with van der Waals surface area (Å²) in [7, 11) is -1.11. The topological polar surface area (TPSA) is 0 Å². The Morgan fingerprint density at radius 1 is 0.818 bits per heavy atom. The second-order valence-electron chi connectivity index (χ2n) is 6.02. The zero-order valence-corrected chi connectivity index (χ0v) is 16.5. The normalized spacial score (nSPS) is 22.2. The van der Waals surface area contributed by atoms with E-state index in [1.807, 2.05) is 64.2 Å². The standard InChI is InChI=1S/C10H16Si.2C5H5.Ti/c1-11(2,3)9-10-7-5-4-6-8-10;2*1-2-4-5-3-1;/h5H,4,6,8H2,1-3H3;2*1-5H;/q-2;;;+2. The summed E-state index contributed by atoms with van der Waals surface area (Å²) in [6.45, 7) is 6.95. The molecule has 0 bridgehead atoms. The van der Waals surface area contributed by atoms with E-state index in [1.54, 1.807) is 0 Å². The van der Waals surface area contributed by atoms with E-state index in [9.17, 15) is 0 Å². The van der Waals surface area contributed by atoms with Crippen LogP contribution in [0.5, 0.6) is 0 Å². The fourth-order valence-electron chi connectivity index (χ4n) is 1.84. The molecule has 0 aromatic carbocycles. The molecule has 0 aromatic heterocycles. The first-order valence-electron chi connectivity index (χ1n) is 7.63. The molecule has 2 fully saturated rings. The Morgan fingerprint density at radius 3 is 1.50 bits per heavy atom. The van der Waals surface area contributed by atoms with Crippen LogP contribution in [-0.2, 0) is 21.7 Å². The van der Waals surface area contributed by atoms with Crippen LogP contribution in [0.25, 0.3) is 0 Å². The van der Waals surface area contributed by atoms with Crippen molar-refractivity contribution < 1.29 is 21.7 Å². The molecule has 0 aromatic rings. The van der Waals surface area contributed by atoms with E-state index < -0.39 is 8.07 Å². The van der Waals surface area contributed by atoms with Crippen molar-refractivity contribution in [3.05, 3.63) is 87.6 Å². The van der Waals surface area contributed by atoms with Crippen LogP contribution in [0.15, 0.2) is 11.6 Å². The maximum Gasteiger partial charge on any atom is 2.00 e. The third-order valence-corrected chi connectivity index (χ3v) is 3.74. The predicted octanol–water partition coefficient (Wildman–Crippen LogP) is 5.18. The van der Waals surface area contributed by atoms with Gasteiger partial charge < -0.3 is 17.3 Å². The van der Waals surface area contributed by atoms with Gasteiger partial charge in [0, 0.05) is 0 Å². The van der Waals surface area contributed by atoms with Gasteiger partial charge in [-0.05, 0) is 64.2 Å². The Hall–Kier alpha value is 0.411. The molecule has 0 aliphatic heterocycles.